The summed E-state index contributed by atoms with van der Waals surface area (Å²) < 4.78 is 38.1. The molecule has 1 N–H and O–H groups in total. The summed E-state index contributed by atoms with van der Waals surface area (Å²) in [6.07, 6.45) is 0.818. The van der Waals surface area contributed by atoms with Gasteiger partial charge in [-0.1, -0.05) is 12.8 Å². The van der Waals surface area contributed by atoms with Gasteiger partial charge in [-0.15, -0.1) is 0 Å². The normalized spacial score (nSPS) is 16.8. The fourth-order valence-corrected chi connectivity index (χ4v) is 2.26. The Bertz CT molecular complexity index is 436. The molecule has 0 aromatic carbocycles. The average Bonchev–Trinajstić information content (AvgIpc) is 2.99. The van der Waals surface area contributed by atoms with Crippen LogP contribution in [0, 0.1) is 5.92 Å². The highest BCUT2D eigenvalue weighted by atomic mass is 19.4. The monoisotopic (exact) mass is 275 g/mol. The van der Waals surface area contributed by atoms with Crippen LogP contribution in [-0.4, -0.2) is 22.2 Å². The summed E-state index contributed by atoms with van der Waals surface area (Å²) >= 11 is 0. The molecule has 0 spiro atoms. The largest absolute Gasteiger partial charge is 0.435 e. The van der Waals surface area contributed by atoms with Crippen LogP contribution in [0.25, 0.3) is 0 Å². The smallest absolute Gasteiger partial charge is 0.354 e. The minimum atomic E-state index is -4.42. The van der Waals surface area contributed by atoms with Gasteiger partial charge in [0, 0.05) is 18.7 Å². The van der Waals surface area contributed by atoms with Crippen molar-refractivity contribution < 1.29 is 18.0 Å². The Morgan fingerprint density at radius 2 is 2.11 bits per heavy atom. The second-order valence-electron chi connectivity index (χ2n) is 4.73. The van der Waals surface area contributed by atoms with E-state index in [0.717, 1.165) is 31.7 Å². The van der Waals surface area contributed by atoms with Crippen molar-refractivity contribution in [3.63, 3.8) is 0 Å². The molecule has 4 nitrogen and oxygen atoms in total. The number of amides is 1. The lowest BCUT2D eigenvalue weighted by molar-refractivity contribution is -0.141. The van der Waals surface area contributed by atoms with Gasteiger partial charge in [-0.05, 0) is 18.9 Å². The molecule has 19 heavy (non-hydrogen) atoms. The number of nitrogens with zero attached hydrogens (tertiary/aromatic N) is 2. The first-order valence-electron chi connectivity index (χ1n) is 6.35. The second-order valence-corrected chi connectivity index (χ2v) is 4.73. The summed E-state index contributed by atoms with van der Waals surface area (Å²) in [6, 6.07) is 0.929. The first-order valence-corrected chi connectivity index (χ1v) is 6.35. The van der Waals surface area contributed by atoms with E-state index in [2.05, 4.69) is 10.4 Å². The molecule has 0 bridgehead atoms. The van der Waals surface area contributed by atoms with Crippen LogP contribution < -0.4 is 5.32 Å². The van der Waals surface area contributed by atoms with Gasteiger partial charge < -0.3 is 5.32 Å². The SMILES string of the molecule is O=C(NCCn1ccc(C(F)(F)F)n1)C1CCCC1. The highest BCUT2D eigenvalue weighted by Crippen LogP contribution is 2.27. The third-order valence-corrected chi connectivity index (χ3v) is 3.30. The molecule has 1 heterocycles. The molecular weight excluding hydrogens is 259 g/mol. The summed E-state index contributed by atoms with van der Waals surface area (Å²) in [5, 5.41) is 6.16. The fraction of sp³-hybridized carbons (Fsp3) is 0.667. The van der Waals surface area contributed by atoms with Crippen molar-refractivity contribution in [2.24, 2.45) is 5.92 Å². The zero-order chi connectivity index (χ0) is 13.9. The summed E-state index contributed by atoms with van der Waals surface area (Å²) in [6.45, 7) is 0.544. The van der Waals surface area contributed by atoms with Crippen molar-refractivity contribution in [2.45, 2.75) is 38.4 Å². The highest BCUT2D eigenvalue weighted by Gasteiger charge is 2.33. The molecule has 7 heteroatoms. The van der Waals surface area contributed by atoms with Crippen LogP contribution in [0.2, 0.25) is 0 Å². The van der Waals surface area contributed by atoms with Crippen LogP contribution in [-0.2, 0) is 17.5 Å². The quantitative estimate of drug-likeness (QED) is 0.915. The molecule has 0 unspecified atom stereocenters. The van der Waals surface area contributed by atoms with E-state index in [1.807, 2.05) is 0 Å². The molecule has 1 saturated carbocycles. The maximum absolute atomic E-state index is 12.3. The summed E-state index contributed by atoms with van der Waals surface area (Å²) in [5.74, 6) is 0.0732. The van der Waals surface area contributed by atoms with Gasteiger partial charge in [0.1, 0.15) is 0 Å². The number of alkyl halides is 3. The first kappa shape index (κ1) is 13.9. The third kappa shape index (κ3) is 3.71. The molecule has 1 aromatic heterocycles. The molecule has 1 aromatic rings. The number of aromatic nitrogens is 2. The maximum Gasteiger partial charge on any atom is 0.435 e. The van der Waals surface area contributed by atoms with E-state index >= 15 is 0 Å². The summed E-state index contributed by atoms with van der Waals surface area (Å²) in [7, 11) is 0. The van der Waals surface area contributed by atoms with E-state index in [-0.39, 0.29) is 18.4 Å². The van der Waals surface area contributed by atoms with E-state index in [1.54, 1.807) is 0 Å². The lowest BCUT2D eigenvalue weighted by Crippen LogP contribution is -2.32. The van der Waals surface area contributed by atoms with Gasteiger partial charge in [0.15, 0.2) is 5.69 Å². The van der Waals surface area contributed by atoms with Gasteiger partial charge in [0.05, 0.1) is 6.54 Å². The zero-order valence-electron chi connectivity index (χ0n) is 10.4. The van der Waals surface area contributed by atoms with E-state index in [9.17, 15) is 18.0 Å². The number of nitrogens with one attached hydrogen (secondary N) is 1. The third-order valence-electron chi connectivity index (χ3n) is 3.30. The number of carbonyl (C=O) groups excluding carboxylic acids is 1. The van der Waals surface area contributed by atoms with Crippen molar-refractivity contribution in [3.8, 4) is 0 Å². The first-order chi connectivity index (χ1) is 8.97. The Morgan fingerprint density at radius 1 is 1.42 bits per heavy atom. The molecule has 1 fully saturated rings. The number of halogens is 3. The van der Waals surface area contributed by atoms with Gasteiger partial charge in [-0.2, -0.15) is 18.3 Å². The molecular formula is C12H16F3N3O. The minimum absolute atomic E-state index is 0.000649. The van der Waals surface area contributed by atoms with Gasteiger partial charge >= 0.3 is 6.18 Å². The molecule has 0 radical (unpaired) electrons. The predicted octanol–water partition coefficient (Wildman–Crippen LogP) is 2.21. The Labute approximate surface area is 109 Å². The van der Waals surface area contributed by atoms with Crippen LogP contribution in [0.1, 0.15) is 31.4 Å². The van der Waals surface area contributed by atoms with Gasteiger partial charge in [0.2, 0.25) is 5.91 Å². The minimum Gasteiger partial charge on any atom is -0.354 e. The predicted molar refractivity (Wildman–Crippen MR) is 62.2 cm³/mol. The molecule has 1 aliphatic rings. The standard InChI is InChI=1S/C12H16F3N3O/c13-12(14,15)10-5-7-18(17-10)8-6-16-11(19)9-3-1-2-4-9/h5,7,9H,1-4,6,8H2,(H,16,19). The van der Waals surface area contributed by atoms with Crippen LogP contribution in [0.15, 0.2) is 12.3 Å². The van der Waals surface area contributed by atoms with Crippen LogP contribution in [0.4, 0.5) is 13.2 Å². The van der Waals surface area contributed by atoms with E-state index < -0.39 is 11.9 Å². The van der Waals surface area contributed by atoms with Gasteiger partial charge in [-0.25, -0.2) is 0 Å². The molecule has 0 atom stereocenters. The van der Waals surface area contributed by atoms with E-state index in [1.165, 1.54) is 10.9 Å². The Hall–Kier alpha value is -1.53. The van der Waals surface area contributed by atoms with Gasteiger partial charge in [-0.3, -0.25) is 9.48 Å². The molecule has 2 rings (SSSR count). The van der Waals surface area contributed by atoms with Crippen molar-refractivity contribution >= 4 is 5.91 Å². The van der Waals surface area contributed by atoms with Crippen LogP contribution in [0.5, 0.6) is 0 Å². The molecule has 106 valence electrons. The van der Waals surface area contributed by atoms with Crippen molar-refractivity contribution in [3.05, 3.63) is 18.0 Å². The van der Waals surface area contributed by atoms with E-state index in [4.69, 9.17) is 0 Å². The number of carbonyl (C=O) groups is 1. The summed E-state index contributed by atoms with van der Waals surface area (Å²) in [5.41, 5.74) is -0.908. The van der Waals surface area contributed by atoms with Crippen LogP contribution >= 0.6 is 0 Å². The van der Waals surface area contributed by atoms with Crippen molar-refractivity contribution in [1.29, 1.82) is 0 Å². The fourth-order valence-electron chi connectivity index (χ4n) is 2.26. The Balaban J connectivity index is 1.76. The van der Waals surface area contributed by atoms with Gasteiger partial charge in [0.25, 0.3) is 0 Å². The second kappa shape index (κ2) is 5.63. The van der Waals surface area contributed by atoms with Crippen molar-refractivity contribution in [1.82, 2.24) is 15.1 Å². The molecule has 1 amide bonds. The number of hydrogen-bond donors (Lipinski definition) is 1. The lowest BCUT2D eigenvalue weighted by Gasteiger charge is -2.10. The van der Waals surface area contributed by atoms with E-state index in [0.29, 0.717) is 6.54 Å². The maximum atomic E-state index is 12.3. The highest BCUT2D eigenvalue weighted by molar-refractivity contribution is 5.78. The topological polar surface area (TPSA) is 46.9 Å². The molecule has 0 saturated heterocycles. The van der Waals surface area contributed by atoms with Crippen LogP contribution in [0.3, 0.4) is 0 Å². The lowest BCUT2D eigenvalue weighted by atomic mass is 10.1. The Kier molecular flexibility index (Phi) is 4.11. The molecule has 0 aliphatic heterocycles. The number of hydrogen-bond acceptors (Lipinski definition) is 2. The number of rotatable bonds is 4. The van der Waals surface area contributed by atoms with Crippen molar-refractivity contribution in [2.75, 3.05) is 6.54 Å². The Morgan fingerprint density at radius 3 is 2.68 bits per heavy atom. The average molecular weight is 275 g/mol. The molecule has 1 aliphatic carbocycles. The zero-order valence-corrected chi connectivity index (χ0v) is 10.4. The summed E-state index contributed by atoms with van der Waals surface area (Å²) in [4.78, 5) is 11.7.